The van der Waals surface area contributed by atoms with Crippen molar-refractivity contribution in [3.8, 4) is 28.3 Å². The zero-order valence-corrected chi connectivity index (χ0v) is 15.0. The summed E-state index contributed by atoms with van der Waals surface area (Å²) in [5.74, 6) is -1.34. The second-order valence-electron chi connectivity index (χ2n) is 5.41. The molecule has 0 atom stereocenters. The first kappa shape index (κ1) is 18.4. The van der Waals surface area contributed by atoms with Crippen LogP contribution in [0.3, 0.4) is 0 Å². The van der Waals surface area contributed by atoms with Gasteiger partial charge in [0.25, 0.3) is 0 Å². The first-order chi connectivity index (χ1) is 13.1. The molecular formula is C20H13F2N3OS. The van der Waals surface area contributed by atoms with Gasteiger partial charge in [0, 0.05) is 16.6 Å². The van der Waals surface area contributed by atoms with E-state index in [1.165, 1.54) is 11.3 Å². The van der Waals surface area contributed by atoms with Crippen LogP contribution < -0.4 is 10.1 Å². The number of halogens is 2. The number of nitriles is 2. The van der Waals surface area contributed by atoms with Crippen molar-refractivity contribution in [2.75, 3.05) is 11.9 Å². The van der Waals surface area contributed by atoms with E-state index in [1.807, 2.05) is 6.92 Å². The fourth-order valence-electron chi connectivity index (χ4n) is 2.64. The molecule has 0 saturated heterocycles. The van der Waals surface area contributed by atoms with E-state index in [2.05, 4.69) is 5.32 Å². The van der Waals surface area contributed by atoms with E-state index in [9.17, 15) is 10.5 Å². The molecule has 3 aromatic rings. The van der Waals surface area contributed by atoms with Crippen molar-refractivity contribution in [1.82, 2.24) is 0 Å². The van der Waals surface area contributed by atoms with E-state index in [0.29, 0.717) is 22.9 Å². The topological polar surface area (TPSA) is 68.8 Å². The van der Waals surface area contributed by atoms with E-state index in [-0.39, 0.29) is 11.3 Å². The second kappa shape index (κ2) is 7.86. The highest BCUT2D eigenvalue weighted by molar-refractivity contribution is 7.13. The molecule has 0 aliphatic heterocycles. The number of anilines is 2. The van der Waals surface area contributed by atoms with Crippen LogP contribution in [0.1, 0.15) is 18.1 Å². The predicted octanol–water partition coefficient (Wildman–Crippen LogP) is 5.58. The van der Waals surface area contributed by atoms with Gasteiger partial charge in [0.2, 0.25) is 0 Å². The summed E-state index contributed by atoms with van der Waals surface area (Å²) in [7, 11) is 0. The van der Waals surface area contributed by atoms with E-state index < -0.39 is 22.8 Å². The molecule has 0 bridgehead atoms. The minimum absolute atomic E-state index is 0.0835. The Morgan fingerprint density at radius 2 is 1.81 bits per heavy atom. The lowest BCUT2D eigenvalue weighted by molar-refractivity contribution is 0.340. The normalized spacial score (nSPS) is 10.1. The standard InChI is InChI=1S/C20H13F2N3OS/c1-2-26-13-6-3-5-12(9-13)25-20-17(16-7-4-8-27-16)18(21)14(10-23)15(11-24)19(20)22/h3-9,25H,2H2,1H3. The molecule has 4 nitrogen and oxygen atoms in total. The second-order valence-corrected chi connectivity index (χ2v) is 6.36. The van der Waals surface area contributed by atoms with Crippen LogP contribution in [0.25, 0.3) is 10.4 Å². The largest absolute Gasteiger partial charge is 0.494 e. The number of nitrogens with zero attached hydrogens (tertiary/aromatic N) is 2. The molecule has 7 heteroatoms. The number of nitrogens with one attached hydrogen (secondary N) is 1. The molecule has 27 heavy (non-hydrogen) atoms. The fraction of sp³-hybridized carbons (Fsp3) is 0.100. The van der Waals surface area contributed by atoms with Gasteiger partial charge < -0.3 is 10.1 Å². The van der Waals surface area contributed by atoms with Gasteiger partial charge in [-0.2, -0.15) is 10.5 Å². The monoisotopic (exact) mass is 381 g/mol. The molecule has 134 valence electrons. The maximum atomic E-state index is 15.1. The maximum absolute atomic E-state index is 15.1. The Morgan fingerprint density at radius 1 is 1.07 bits per heavy atom. The first-order valence-corrected chi connectivity index (χ1v) is 8.87. The van der Waals surface area contributed by atoms with Crippen LogP contribution in [0.4, 0.5) is 20.2 Å². The van der Waals surface area contributed by atoms with Crippen molar-refractivity contribution < 1.29 is 13.5 Å². The molecule has 3 rings (SSSR count). The molecule has 0 saturated carbocycles. The summed E-state index contributed by atoms with van der Waals surface area (Å²) >= 11 is 1.20. The van der Waals surface area contributed by atoms with Crippen LogP contribution in [0, 0.1) is 34.3 Å². The molecule has 1 N–H and O–H groups in total. The number of ether oxygens (including phenoxy) is 1. The van der Waals surface area contributed by atoms with Crippen molar-refractivity contribution in [3.63, 3.8) is 0 Å². The number of hydrogen-bond donors (Lipinski definition) is 1. The quantitative estimate of drug-likeness (QED) is 0.626. The molecule has 0 radical (unpaired) electrons. The van der Waals surface area contributed by atoms with E-state index >= 15 is 8.78 Å². The lowest BCUT2D eigenvalue weighted by Gasteiger charge is -2.16. The minimum atomic E-state index is -0.972. The Labute approximate surface area is 158 Å². The number of thiophene rings is 1. The minimum Gasteiger partial charge on any atom is -0.494 e. The summed E-state index contributed by atoms with van der Waals surface area (Å²) in [5, 5.41) is 23.0. The van der Waals surface area contributed by atoms with Gasteiger partial charge >= 0.3 is 0 Å². The molecule has 0 unspecified atom stereocenters. The maximum Gasteiger partial charge on any atom is 0.166 e. The van der Waals surface area contributed by atoms with E-state index in [4.69, 9.17) is 4.74 Å². The van der Waals surface area contributed by atoms with Gasteiger partial charge in [-0.1, -0.05) is 12.1 Å². The molecule has 0 aliphatic carbocycles. The molecule has 1 heterocycles. The summed E-state index contributed by atoms with van der Waals surface area (Å²) in [6.07, 6.45) is 0. The Balaban J connectivity index is 2.22. The van der Waals surface area contributed by atoms with Crippen LogP contribution in [0.2, 0.25) is 0 Å². The van der Waals surface area contributed by atoms with Crippen molar-refractivity contribution in [2.24, 2.45) is 0 Å². The predicted molar refractivity (Wildman–Crippen MR) is 100.0 cm³/mol. The third kappa shape index (κ3) is 3.46. The Hall–Kier alpha value is -3.42. The average Bonchev–Trinajstić information content (AvgIpc) is 3.19. The SMILES string of the molecule is CCOc1cccc(Nc2c(F)c(C#N)c(C#N)c(F)c2-c2cccs2)c1. The molecule has 2 aromatic carbocycles. The number of rotatable bonds is 5. The van der Waals surface area contributed by atoms with Crippen LogP contribution >= 0.6 is 11.3 Å². The van der Waals surface area contributed by atoms with Crippen molar-refractivity contribution in [1.29, 1.82) is 10.5 Å². The smallest absolute Gasteiger partial charge is 0.166 e. The van der Waals surface area contributed by atoms with Crippen LogP contribution in [-0.2, 0) is 0 Å². The molecule has 0 fully saturated rings. The van der Waals surface area contributed by atoms with E-state index in [0.717, 1.165) is 0 Å². The van der Waals surface area contributed by atoms with Gasteiger partial charge in [-0.25, -0.2) is 8.78 Å². The Bertz CT molecular complexity index is 1070. The summed E-state index contributed by atoms with van der Waals surface area (Å²) in [4.78, 5) is 0.441. The summed E-state index contributed by atoms with van der Waals surface area (Å²) in [6.45, 7) is 2.30. The molecule has 0 aliphatic rings. The highest BCUT2D eigenvalue weighted by atomic mass is 32.1. The van der Waals surface area contributed by atoms with E-state index in [1.54, 1.807) is 53.9 Å². The summed E-state index contributed by atoms with van der Waals surface area (Å²) in [5.41, 5.74) is -1.05. The first-order valence-electron chi connectivity index (χ1n) is 7.99. The van der Waals surface area contributed by atoms with Gasteiger partial charge in [0.15, 0.2) is 11.6 Å². The number of benzene rings is 2. The van der Waals surface area contributed by atoms with Crippen molar-refractivity contribution in [2.45, 2.75) is 6.92 Å². The van der Waals surface area contributed by atoms with Gasteiger partial charge in [-0.3, -0.25) is 0 Å². The van der Waals surface area contributed by atoms with Gasteiger partial charge in [-0.15, -0.1) is 11.3 Å². The molecular weight excluding hydrogens is 368 g/mol. The Morgan fingerprint density at radius 3 is 2.44 bits per heavy atom. The molecule has 0 spiro atoms. The van der Waals surface area contributed by atoms with Crippen molar-refractivity contribution in [3.05, 3.63) is 64.5 Å². The third-order valence-electron chi connectivity index (χ3n) is 3.78. The highest BCUT2D eigenvalue weighted by Gasteiger charge is 2.26. The number of hydrogen-bond acceptors (Lipinski definition) is 5. The zero-order chi connectivity index (χ0) is 19.4. The molecule has 0 amide bonds. The van der Waals surface area contributed by atoms with Crippen LogP contribution in [0.5, 0.6) is 5.75 Å². The van der Waals surface area contributed by atoms with Crippen molar-refractivity contribution >= 4 is 22.7 Å². The fourth-order valence-corrected chi connectivity index (χ4v) is 3.41. The van der Waals surface area contributed by atoms with Gasteiger partial charge in [0.1, 0.15) is 29.0 Å². The van der Waals surface area contributed by atoms with Gasteiger partial charge in [-0.05, 0) is 30.5 Å². The molecule has 1 aromatic heterocycles. The highest BCUT2D eigenvalue weighted by Crippen LogP contribution is 2.40. The van der Waals surface area contributed by atoms with Crippen LogP contribution in [-0.4, -0.2) is 6.61 Å². The Kier molecular flexibility index (Phi) is 5.35. The van der Waals surface area contributed by atoms with Gasteiger partial charge in [0.05, 0.1) is 17.9 Å². The summed E-state index contributed by atoms with van der Waals surface area (Å²) in [6, 6.07) is 13.3. The lowest BCUT2D eigenvalue weighted by atomic mass is 9.99. The zero-order valence-electron chi connectivity index (χ0n) is 14.2. The summed E-state index contributed by atoms with van der Waals surface area (Å²) < 4.78 is 35.5. The lowest BCUT2D eigenvalue weighted by Crippen LogP contribution is -2.05. The van der Waals surface area contributed by atoms with Crippen LogP contribution in [0.15, 0.2) is 41.8 Å². The third-order valence-corrected chi connectivity index (χ3v) is 4.67. The average molecular weight is 381 g/mol.